The standard InChI is InChI=1S/C19H29NO/c1-7-14-20-17-10-8-16(9-11-17)15-21-19(5,6)13-12-18(2,3)4/h1,8-11,20H,12-15H2,2-6H3. The van der Waals surface area contributed by atoms with Crippen molar-refractivity contribution in [3.8, 4) is 12.3 Å². The van der Waals surface area contributed by atoms with Crippen LogP contribution in [0.5, 0.6) is 0 Å². The molecule has 0 aromatic heterocycles. The number of anilines is 1. The minimum Gasteiger partial charge on any atom is -0.374 e. The summed E-state index contributed by atoms with van der Waals surface area (Å²) in [6, 6.07) is 8.24. The Morgan fingerprint density at radius 2 is 1.67 bits per heavy atom. The van der Waals surface area contributed by atoms with Crippen LogP contribution in [0.2, 0.25) is 0 Å². The van der Waals surface area contributed by atoms with Gasteiger partial charge in [0.1, 0.15) is 0 Å². The molecule has 0 saturated heterocycles. The second-order valence-electron chi connectivity index (χ2n) is 7.36. The number of hydrogen-bond acceptors (Lipinski definition) is 2. The van der Waals surface area contributed by atoms with E-state index < -0.39 is 0 Å². The van der Waals surface area contributed by atoms with Gasteiger partial charge in [0.2, 0.25) is 0 Å². The average molecular weight is 287 g/mol. The molecular weight excluding hydrogens is 258 g/mol. The zero-order chi connectivity index (χ0) is 15.9. The lowest BCUT2D eigenvalue weighted by Crippen LogP contribution is -2.26. The highest BCUT2D eigenvalue weighted by Crippen LogP contribution is 2.28. The highest BCUT2D eigenvalue weighted by molar-refractivity contribution is 5.45. The van der Waals surface area contributed by atoms with Gasteiger partial charge in [0.25, 0.3) is 0 Å². The molecule has 0 amide bonds. The van der Waals surface area contributed by atoms with Crippen LogP contribution in [0.15, 0.2) is 24.3 Å². The van der Waals surface area contributed by atoms with E-state index in [0.29, 0.717) is 18.6 Å². The normalized spacial score (nSPS) is 12.0. The highest BCUT2D eigenvalue weighted by Gasteiger charge is 2.22. The summed E-state index contributed by atoms with van der Waals surface area (Å²) < 4.78 is 6.08. The van der Waals surface area contributed by atoms with Gasteiger partial charge in [0, 0.05) is 5.69 Å². The zero-order valence-corrected chi connectivity index (χ0v) is 14.1. The van der Waals surface area contributed by atoms with Crippen molar-refractivity contribution in [3.05, 3.63) is 29.8 Å². The number of ether oxygens (including phenoxy) is 1. The molecular formula is C19H29NO. The minimum absolute atomic E-state index is 0.0896. The number of nitrogens with one attached hydrogen (secondary N) is 1. The van der Waals surface area contributed by atoms with E-state index in [-0.39, 0.29) is 5.60 Å². The Balaban J connectivity index is 2.45. The molecule has 1 aromatic carbocycles. The van der Waals surface area contributed by atoms with Crippen LogP contribution in [0.4, 0.5) is 5.69 Å². The fraction of sp³-hybridized carbons (Fsp3) is 0.579. The number of rotatable bonds is 7. The molecule has 0 atom stereocenters. The topological polar surface area (TPSA) is 21.3 Å². The Bertz CT molecular complexity index is 460. The van der Waals surface area contributed by atoms with Crippen LogP contribution in [-0.2, 0) is 11.3 Å². The fourth-order valence-electron chi connectivity index (χ4n) is 1.90. The maximum absolute atomic E-state index is 6.08. The van der Waals surface area contributed by atoms with Crippen molar-refractivity contribution in [2.45, 2.75) is 59.7 Å². The van der Waals surface area contributed by atoms with E-state index in [1.807, 2.05) is 12.1 Å². The van der Waals surface area contributed by atoms with E-state index in [1.165, 1.54) is 5.56 Å². The second kappa shape index (κ2) is 7.52. The predicted octanol–water partition coefficient (Wildman–Crippen LogP) is 4.85. The summed E-state index contributed by atoms with van der Waals surface area (Å²) in [6.07, 6.45) is 7.46. The SMILES string of the molecule is C#CCNc1ccc(COC(C)(C)CCC(C)(C)C)cc1. The predicted molar refractivity (Wildman–Crippen MR) is 91.3 cm³/mol. The van der Waals surface area contributed by atoms with Gasteiger partial charge in [-0.05, 0) is 49.8 Å². The van der Waals surface area contributed by atoms with Crippen molar-refractivity contribution >= 4 is 5.69 Å². The van der Waals surface area contributed by atoms with Gasteiger partial charge in [0.05, 0.1) is 18.8 Å². The minimum atomic E-state index is -0.0896. The van der Waals surface area contributed by atoms with Crippen molar-refractivity contribution < 1.29 is 4.74 Å². The van der Waals surface area contributed by atoms with Gasteiger partial charge in [-0.2, -0.15) is 0 Å². The van der Waals surface area contributed by atoms with E-state index in [2.05, 4.69) is 58.0 Å². The summed E-state index contributed by atoms with van der Waals surface area (Å²) >= 11 is 0. The average Bonchev–Trinajstić information content (AvgIpc) is 2.41. The first-order valence-corrected chi connectivity index (χ1v) is 7.62. The van der Waals surface area contributed by atoms with Crippen LogP contribution in [0, 0.1) is 17.8 Å². The van der Waals surface area contributed by atoms with Crippen molar-refractivity contribution in [2.24, 2.45) is 5.41 Å². The van der Waals surface area contributed by atoms with Crippen LogP contribution >= 0.6 is 0 Å². The van der Waals surface area contributed by atoms with Crippen LogP contribution in [0.3, 0.4) is 0 Å². The number of benzene rings is 1. The van der Waals surface area contributed by atoms with Crippen molar-refractivity contribution in [1.82, 2.24) is 0 Å². The molecule has 0 aliphatic rings. The molecule has 0 bridgehead atoms. The second-order valence-corrected chi connectivity index (χ2v) is 7.36. The third-order valence-corrected chi connectivity index (χ3v) is 3.46. The van der Waals surface area contributed by atoms with Crippen LogP contribution in [0.1, 0.15) is 53.0 Å². The van der Waals surface area contributed by atoms with E-state index in [1.54, 1.807) is 0 Å². The molecule has 116 valence electrons. The Kier molecular flexibility index (Phi) is 6.30. The quantitative estimate of drug-likeness (QED) is 0.724. The van der Waals surface area contributed by atoms with Gasteiger partial charge in [-0.15, -0.1) is 6.42 Å². The van der Waals surface area contributed by atoms with Gasteiger partial charge >= 0.3 is 0 Å². The number of hydrogen-bond donors (Lipinski definition) is 1. The van der Waals surface area contributed by atoms with Gasteiger partial charge in [-0.25, -0.2) is 0 Å². The third-order valence-electron chi connectivity index (χ3n) is 3.46. The van der Waals surface area contributed by atoms with Crippen LogP contribution in [0.25, 0.3) is 0 Å². The fourth-order valence-corrected chi connectivity index (χ4v) is 1.90. The Labute approximate surface area is 130 Å². The smallest absolute Gasteiger partial charge is 0.0763 e. The van der Waals surface area contributed by atoms with E-state index >= 15 is 0 Å². The zero-order valence-electron chi connectivity index (χ0n) is 14.1. The summed E-state index contributed by atoms with van der Waals surface area (Å²) in [6.45, 7) is 12.3. The molecule has 0 radical (unpaired) electrons. The van der Waals surface area contributed by atoms with E-state index in [0.717, 1.165) is 18.5 Å². The lowest BCUT2D eigenvalue weighted by molar-refractivity contribution is -0.0409. The molecule has 0 aliphatic carbocycles. The van der Waals surface area contributed by atoms with Crippen molar-refractivity contribution in [3.63, 3.8) is 0 Å². The molecule has 0 spiro atoms. The van der Waals surface area contributed by atoms with Crippen molar-refractivity contribution in [1.29, 1.82) is 0 Å². The molecule has 2 nitrogen and oxygen atoms in total. The molecule has 0 heterocycles. The first-order valence-electron chi connectivity index (χ1n) is 7.62. The summed E-state index contributed by atoms with van der Waals surface area (Å²) in [5.41, 5.74) is 2.49. The summed E-state index contributed by atoms with van der Waals surface area (Å²) in [7, 11) is 0. The highest BCUT2D eigenvalue weighted by atomic mass is 16.5. The maximum atomic E-state index is 6.08. The number of terminal acetylenes is 1. The third kappa shape index (κ3) is 7.78. The first-order chi connectivity index (χ1) is 9.72. The van der Waals surface area contributed by atoms with Gasteiger partial charge in [0.15, 0.2) is 0 Å². The molecule has 0 fully saturated rings. The first kappa shape index (κ1) is 17.6. The van der Waals surface area contributed by atoms with Gasteiger partial charge in [-0.3, -0.25) is 0 Å². The lowest BCUT2D eigenvalue weighted by atomic mass is 9.86. The summed E-state index contributed by atoms with van der Waals surface area (Å²) in [5, 5.41) is 3.15. The van der Waals surface area contributed by atoms with Crippen molar-refractivity contribution in [2.75, 3.05) is 11.9 Å². The van der Waals surface area contributed by atoms with Gasteiger partial charge < -0.3 is 10.1 Å². The Morgan fingerprint density at radius 1 is 1.05 bits per heavy atom. The molecule has 21 heavy (non-hydrogen) atoms. The maximum Gasteiger partial charge on any atom is 0.0763 e. The molecule has 0 unspecified atom stereocenters. The van der Waals surface area contributed by atoms with Crippen LogP contribution < -0.4 is 5.32 Å². The lowest BCUT2D eigenvalue weighted by Gasteiger charge is -2.29. The van der Waals surface area contributed by atoms with E-state index in [9.17, 15) is 0 Å². The molecule has 1 rings (SSSR count). The Morgan fingerprint density at radius 3 is 2.19 bits per heavy atom. The van der Waals surface area contributed by atoms with Gasteiger partial charge in [-0.1, -0.05) is 38.8 Å². The largest absolute Gasteiger partial charge is 0.374 e. The Hall–Kier alpha value is -1.46. The monoisotopic (exact) mass is 287 g/mol. The molecule has 1 N–H and O–H groups in total. The molecule has 1 aromatic rings. The summed E-state index contributed by atoms with van der Waals surface area (Å²) in [4.78, 5) is 0. The summed E-state index contributed by atoms with van der Waals surface area (Å²) in [5.74, 6) is 2.57. The molecule has 0 saturated carbocycles. The van der Waals surface area contributed by atoms with Crippen LogP contribution in [-0.4, -0.2) is 12.1 Å². The molecule has 0 aliphatic heterocycles. The van der Waals surface area contributed by atoms with E-state index in [4.69, 9.17) is 11.2 Å². The molecule has 2 heteroatoms.